The summed E-state index contributed by atoms with van der Waals surface area (Å²) in [5.74, 6) is -2.02. The number of carboxylic acid groups (broad SMARTS) is 1. The van der Waals surface area contributed by atoms with E-state index in [0.29, 0.717) is 25.8 Å². The lowest BCUT2D eigenvalue weighted by Crippen LogP contribution is -2.40. The summed E-state index contributed by atoms with van der Waals surface area (Å²) in [6.45, 7) is 2.51. The Balaban J connectivity index is 2.49. The van der Waals surface area contributed by atoms with E-state index in [2.05, 4.69) is 5.32 Å². The Kier molecular flexibility index (Phi) is 5.85. The van der Waals surface area contributed by atoms with Crippen molar-refractivity contribution in [1.82, 2.24) is 5.32 Å². The Morgan fingerprint density at radius 2 is 1.94 bits per heavy atom. The van der Waals surface area contributed by atoms with Crippen molar-refractivity contribution in [2.45, 2.75) is 26.2 Å². The van der Waals surface area contributed by atoms with Crippen molar-refractivity contribution in [2.75, 3.05) is 13.2 Å². The van der Waals surface area contributed by atoms with Crippen LogP contribution in [0.1, 0.15) is 26.2 Å². The minimum absolute atomic E-state index is 0.0982. The van der Waals surface area contributed by atoms with Gasteiger partial charge in [-0.15, -0.1) is 0 Å². The van der Waals surface area contributed by atoms with Crippen molar-refractivity contribution >= 4 is 11.9 Å². The molecule has 0 aromatic carbocycles. The molecule has 3 N–H and O–H groups in total. The Hall–Kier alpha value is -1.36. The zero-order valence-electron chi connectivity index (χ0n) is 10.6. The van der Waals surface area contributed by atoms with Gasteiger partial charge in [-0.3, -0.25) is 9.59 Å². The number of carbonyl (C=O) groups excluding carboxylic acids is 1. The molecule has 1 unspecified atom stereocenters. The highest BCUT2D eigenvalue weighted by molar-refractivity contribution is 5.85. The molecule has 0 saturated carbocycles. The molecule has 5 heteroatoms. The predicted molar refractivity (Wildman–Crippen MR) is 66.9 cm³/mol. The molecule has 18 heavy (non-hydrogen) atoms. The average molecular weight is 255 g/mol. The Morgan fingerprint density at radius 3 is 2.50 bits per heavy atom. The largest absolute Gasteiger partial charge is 0.481 e. The molecule has 0 saturated heterocycles. The van der Waals surface area contributed by atoms with E-state index in [9.17, 15) is 9.59 Å². The first-order chi connectivity index (χ1) is 8.56. The summed E-state index contributed by atoms with van der Waals surface area (Å²) < 4.78 is 0. The average Bonchev–Trinajstić information content (AvgIpc) is 2.36. The zero-order valence-corrected chi connectivity index (χ0v) is 10.6. The van der Waals surface area contributed by atoms with Gasteiger partial charge < -0.3 is 15.5 Å². The quantitative estimate of drug-likeness (QED) is 0.612. The smallest absolute Gasteiger partial charge is 0.307 e. The minimum atomic E-state index is -0.914. The number of hydrogen-bond acceptors (Lipinski definition) is 3. The summed E-state index contributed by atoms with van der Waals surface area (Å²) in [5, 5.41) is 20.6. The highest BCUT2D eigenvalue weighted by atomic mass is 16.4. The molecule has 1 rings (SSSR count). The fourth-order valence-corrected chi connectivity index (χ4v) is 2.11. The predicted octanol–water partition coefficient (Wildman–Crippen LogP) is 0.788. The zero-order chi connectivity index (χ0) is 13.5. The number of amides is 1. The van der Waals surface area contributed by atoms with E-state index in [4.69, 9.17) is 10.2 Å². The number of carboxylic acids is 1. The maximum Gasteiger partial charge on any atom is 0.307 e. The molecule has 1 aliphatic rings. The lowest BCUT2D eigenvalue weighted by Gasteiger charge is -2.24. The van der Waals surface area contributed by atoms with Crippen LogP contribution in [0.15, 0.2) is 12.2 Å². The number of aliphatic hydroxyl groups is 1. The number of nitrogens with one attached hydrogen (secondary N) is 1. The minimum Gasteiger partial charge on any atom is -0.481 e. The number of rotatable bonds is 6. The van der Waals surface area contributed by atoms with Gasteiger partial charge in [-0.05, 0) is 25.2 Å². The third-order valence-corrected chi connectivity index (χ3v) is 3.33. The molecule has 1 amide bonds. The van der Waals surface area contributed by atoms with Gasteiger partial charge in [0.25, 0.3) is 0 Å². The van der Waals surface area contributed by atoms with Gasteiger partial charge in [-0.1, -0.05) is 19.1 Å². The molecular formula is C13H21NO4. The SMILES string of the molecule is CC(CCO)CNC(=O)[C@@H]1CC=CC[C@@H]1C(=O)O. The Labute approximate surface area is 107 Å². The summed E-state index contributed by atoms with van der Waals surface area (Å²) in [5.41, 5.74) is 0. The van der Waals surface area contributed by atoms with Gasteiger partial charge in [0.15, 0.2) is 0 Å². The summed E-state index contributed by atoms with van der Waals surface area (Å²) >= 11 is 0. The Morgan fingerprint density at radius 1 is 1.33 bits per heavy atom. The second-order valence-electron chi connectivity index (χ2n) is 4.86. The fraction of sp³-hybridized carbons (Fsp3) is 0.692. The lowest BCUT2D eigenvalue weighted by atomic mass is 9.82. The topological polar surface area (TPSA) is 86.6 Å². The van der Waals surface area contributed by atoms with Gasteiger partial charge in [0.2, 0.25) is 5.91 Å². The molecular weight excluding hydrogens is 234 g/mol. The molecule has 0 aromatic rings. The van der Waals surface area contributed by atoms with Crippen molar-refractivity contribution in [3.05, 3.63) is 12.2 Å². The first-order valence-corrected chi connectivity index (χ1v) is 6.32. The molecule has 0 fully saturated rings. The van der Waals surface area contributed by atoms with Crippen molar-refractivity contribution in [3.8, 4) is 0 Å². The van der Waals surface area contributed by atoms with Crippen LogP contribution in [0.2, 0.25) is 0 Å². The van der Waals surface area contributed by atoms with E-state index in [1.807, 2.05) is 19.1 Å². The lowest BCUT2D eigenvalue weighted by molar-refractivity contribution is -0.147. The van der Waals surface area contributed by atoms with E-state index in [1.54, 1.807) is 0 Å². The van der Waals surface area contributed by atoms with Crippen molar-refractivity contribution in [1.29, 1.82) is 0 Å². The Bertz CT molecular complexity index is 327. The number of aliphatic carboxylic acids is 1. The number of hydrogen-bond donors (Lipinski definition) is 3. The van der Waals surface area contributed by atoms with Gasteiger partial charge in [0.1, 0.15) is 0 Å². The summed E-state index contributed by atoms with van der Waals surface area (Å²) in [6.07, 6.45) is 5.21. The molecule has 0 bridgehead atoms. The van der Waals surface area contributed by atoms with Crippen molar-refractivity contribution in [3.63, 3.8) is 0 Å². The molecule has 102 valence electrons. The molecule has 0 radical (unpaired) electrons. The maximum absolute atomic E-state index is 12.0. The first kappa shape index (κ1) is 14.7. The van der Waals surface area contributed by atoms with E-state index >= 15 is 0 Å². The number of aliphatic hydroxyl groups excluding tert-OH is 1. The van der Waals surface area contributed by atoms with E-state index in [-0.39, 0.29) is 18.4 Å². The van der Waals surface area contributed by atoms with E-state index < -0.39 is 17.8 Å². The van der Waals surface area contributed by atoms with Crippen molar-refractivity contribution in [2.24, 2.45) is 17.8 Å². The van der Waals surface area contributed by atoms with Crippen LogP contribution < -0.4 is 5.32 Å². The maximum atomic E-state index is 12.0. The van der Waals surface area contributed by atoms with Crippen LogP contribution in [0, 0.1) is 17.8 Å². The highest BCUT2D eigenvalue weighted by Gasteiger charge is 2.33. The van der Waals surface area contributed by atoms with E-state index in [1.165, 1.54) is 0 Å². The van der Waals surface area contributed by atoms with Crippen LogP contribution in [-0.2, 0) is 9.59 Å². The molecule has 1 aliphatic carbocycles. The normalized spacial score (nSPS) is 24.6. The number of allylic oxidation sites excluding steroid dienone is 2. The van der Waals surface area contributed by atoms with Gasteiger partial charge in [-0.2, -0.15) is 0 Å². The molecule has 0 spiro atoms. The second-order valence-corrected chi connectivity index (χ2v) is 4.86. The second kappa shape index (κ2) is 7.16. The van der Waals surface area contributed by atoms with Crippen LogP contribution in [0.5, 0.6) is 0 Å². The van der Waals surface area contributed by atoms with Crippen molar-refractivity contribution < 1.29 is 19.8 Å². The van der Waals surface area contributed by atoms with Gasteiger partial charge in [0, 0.05) is 13.2 Å². The summed E-state index contributed by atoms with van der Waals surface area (Å²) in [4.78, 5) is 23.0. The summed E-state index contributed by atoms with van der Waals surface area (Å²) in [6, 6.07) is 0. The van der Waals surface area contributed by atoms with Crippen LogP contribution >= 0.6 is 0 Å². The molecule has 0 aliphatic heterocycles. The fourth-order valence-electron chi connectivity index (χ4n) is 2.11. The first-order valence-electron chi connectivity index (χ1n) is 6.32. The number of carbonyl (C=O) groups is 2. The van der Waals surface area contributed by atoms with Crippen LogP contribution in [0.3, 0.4) is 0 Å². The standard InChI is InChI=1S/C13H21NO4/c1-9(6-7-15)8-14-12(16)10-4-2-3-5-11(10)13(17)18/h2-3,9-11,15H,4-8H2,1H3,(H,14,16)(H,17,18)/t9?,10-,11+/m1/s1. The third kappa shape index (κ3) is 4.14. The van der Waals surface area contributed by atoms with Gasteiger partial charge in [-0.25, -0.2) is 0 Å². The van der Waals surface area contributed by atoms with Gasteiger partial charge >= 0.3 is 5.97 Å². The third-order valence-electron chi connectivity index (χ3n) is 3.33. The van der Waals surface area contributed by atoms with Crippen LogP contribution in [-0.4, -0.2) is 35.2 Å². The molecule has 5 nitrogen and oxygen atoms in total. The molecule has 0 aromatic heterocycles. The van der Waals surface area contributed by atoms with E-state index in [0.717, 1.165) is 0 Å². The van der Waals surface area contributed by atoms with Crippen LogP contribution in [0.4, 0.5) is 0 Å². The van der Waals surface area contributed by atoms with Crippen LogP contribution in [0.25, 0.3) is 0 Å². The monoisotopic (exact) mass is 255 g/mol. The van der Waals surface area contributed by atoms with Gasteiger partial charge in [0.05, 0.1) is 11.8 Å². The highest BCUT2D eigenvalue weighted by Crippen LogP contribution is 2.26. The summed E-state index contributed by atoms with van der Waals surface area (Å²) in [7, 11) is 0. The molecule has 0 heterocycles. The molecule has 3 atom stereocenters.